The lowest BCUT2D eigenvalue weighted by Gasteiger charge is -2.09. The number of nitrogens with one attached hydrogen (secondary N) is 1. The molecule has 1 atom stereocenters. The summed E-state index contributed by atoms with van der Waals surface area (Å²) in [6, 6.07) is 7.43. The lowest BCUT2D eigenvalue weighted by molar-refractivity contribution is -0.115. The van der Waals surface area contributed by atoms with Crippen LogP contribution in [0.15, 0.2) is 24.3 Å². The minimum Gasteiger partial charge on any atom is -0.325 e. The molecule has 0 spiro atoms. The first-order chi connectivity index (χ1) is 9.11. The summed E-state index contributed by atoms with van der Waals surface area (Å²) in [4.78, 5) is 11.6. The highest BCUT2D eigenvalue weighted by Crippen LogP contribution is 2.20. The predicted molar refractivity (Wildman–Crippen MR) is 75.9 cm³/mol. The normalized spacial score (nSPS) is 12.2. The number of nitrogens with zero attached hydrogens (tertiary/aromatic N) is 4. The van der Waals surface area contributed by atoms with Crippen LogP contribution in [-0.4, -0.2) is 30.9 Å². The second kappa shape index (κ2) is 5.92. The van der Waals surface area contributed by atoms with Gasteiger partial charge in [0.05, 0.1) is 4.83 Å². The monoisotopic (exact) mass is 323 g/mol. The number of carbonyl (C=O) groups excluding carboxylic acids is 1. The smallest absolute Gasteiger partial charge is 0.238 e. The summed E-state index contributed by atoms with van der Waals surface area (Å²) in [5, 5.41) is 14.2. The molecule has 0 bridgehead atoms. The third kappa shape index (κ3) is 3.17. The van der Waals surface area contributed by atoms with Crippen molar-refractivity contribution in [2.75, 3.05) is 5.32 Å². The van der Waals surface area contributed by atoms with E-state index >= 15 is 0 Å². The van der Waals surface area contributed by atoms with Crippen LogP contribution in [0.3, 0.4) is 0 Å². The van der Waals surface area contributed by atoms with Crippen molar-refractivity contribution in [3.63, 3.8) is 0 Å². The number of alkyl halides is 1. The molecule has 1 aromatic carbocycles. The maximum absolute atomic E-state index is 11.8. The van der Waals surface area contributed by atoms with Crippen molar-refractivity contribution in [1.29, 1.82) is 0 Å². The van der Waals surface area contributed by atoms with Gasteiger partial charge in [0.15, 0.2) is 5.82 Å². The molecule has 1 amide bonds. The Kier molecular flexibility index (Phi) is 4.26. The summed E-state index contributed by atoms with van der Waals surface area (Å²) in [6.45, 7) is 1.95. The molecule has 0 fully saturated rings. The molecule has 19 heavy (non-hydrogen) atoms. The van der Waals surface area contributed by atoms with Crippen molar-refractivity contribution in [3.05, 3.63) is 24.3 Å². The fraction of sp³-hybridized carbons (Fsp3) is 0.333. The molecule has 0 saturated heterocycles. The fourth-order valence-corrected chi connectivity index (χ4v) is 1.73. The molecule has 1 aromatic heterocycles. The quantitative estimate of drug-likeness (QED) is 0.873. The van der Waals surface area contributed by atoms with Crippen molar-refractivity contribution in [1.82, 2.24) is 20.2 Å². The number of halogens is 1. The van der Waals surface area contributed by atoms with Crippen molar-refractivity contribution in [2.45, 2.75) is 18.2 Å². The molecule has 2 rings (SSSR count). The number of anilines is 1. The van der Waals surface area contributed by atoms with Crippen molar-refractivity contribution in [2.24, 2.45) is 7.05 Å². The number of tetrazole rings is 1. The van der Waals surface area contributed by atoms with Gasteiger partial charge >= 0.3 is 0 Å². The van der Waals surface area contributed by atoms with Crippen LogP contribution in [0.2, 0.25) is 0 Å². The van der Waals surface area contributed by atoms with Gasteiger partial charge in [0.25, 0.3) is 0 Å². The third-order valence-corrected chi connectivity index (χ3v) is 3.71. The van der Waals surface area contributed by atoms with Crippen molar-refractivity contribution < 1.29 is 4.79 Å². The van der Waals surface area contributed by atoms with E-state index in [2.05, 4.69) is 36.8 Å². The fourth-order valence-electron chi connectivity index (χ4n) is 1.62. The van der Waals surface area contributed by atoms with E-state index < -0.39 is 0 Å². The summed E-state index contributed by atoms with van der Waals surface area (Å²) >= 11 is 3.32. The van der Waals surface area contributed by atoms with Gasteiger partial charge in [-0.1, -0.05) is 35.0 Å². The average molecular weight is 324 g/mol. The van der Waals surface area contributed by atoms with Gasteiger partial charge in [0, 0.05) is 18.3 Å². The van der Waals surface area contributed by atoms with Crippen molar-refractivity contribution in [3.8, 4) is 11.4 Å². The summed E-state index contributed by atoms with van der Waals surface area (Å²) in [5.41, 5.74) is 1.58. The van der Waals surface area contributed by atoms with Crippen LogP contribution < -0.4 is 5.32 Å². The summed E-state index contributed by atoms with van der Waals surface area (Å²) < 4.78 is 1.58. The lowest BCUT2D eigenvalue weighted by atomic mass is 10.2. The topological polar surface area (TPSA) is 72.7 Å². The molecule has 100 valence electrons. The lowest BCUT2D eigenvalue weighted by Crippen LogP contribution is -2.21. The van der Waals surface area contributed by atoms with E-state index in [0.29, 0.717) is 5.82 Å². The summed E-state index contributed by atoms with van der Waals surface area (Å²) in [6.07, 6.45) is 0.735. The first-order valence-electron chi connectivity index (χ1n) is 5.89. The van der Waals surface area contributed by atoms with Gasteiger partial charge in [-0.15, -0.1) is 5.10 Å². The summed E-state index contributed by atoms with van der Waals surface area (Å²) in [5.74, 6) is 0.595. The van der Waals surface area contributed by atoms with Gasteiger partial charge in [0.1, 0.15) is 0 Å². The molecule has 7 heteroatoms. The number of aromatic nitrogens is 4. The summed E-state index contributed by atoms with van der Waals surface area (Å²) in [7, 11) is 1.77. The molecule has 6 nitrogen and oxygen atoms in total. The minimum atomic E-state index is -0.187. The predicted octanol–water partition coefficient (Wildman–Crippen LogP) is 1.99. The molecule has 0 aliphatic carbocycles. The first-order valence-corrected chi connectivity index (χ1v) is 6.81. The number of hydrogen-bond donors (Lipinski definition) is 1. The zero-order valence-corrected chi connectivity index (χ0v) is 12.3. The zero-order valence-electron chi connectivity index (χ0n) is 10.7. The molecular weight excluding hydrogens is 310 g/mol. The van der Waals surface area contributed by atoms with Crippen LogP contribution in [0, 0.1) is 0 Å². The van der Waals surface area contributed by atoms with Crippen molar-refractivity contribution >= 4 is 27.5 Å². The van der Waals surface area contributed by atoms with Gasteiger partial charge in [-0.05, 0) is 29.0 Å². The van der Waals surface area contributed by atoms with Crippen LogP contribution in [0.5, 0.6) is 0 Å². The van der Waals surface area contributed by atoms with Gasteiger partial charge in [-0.2, -0.15) is 0 Å². The second-order valence-electron chi connectivity index (χ2n) is 4.07. The SMILES string of the molecule is CCC(Br)C(=O)Nc1cccc(-c2nnnn2C)c1. The number of rotatable bonds is 4. The maximum atomic E-state index is 11.8. The Balaban J connectivity index is 2.21. The second-order valence-corrected chi connectivity index (χ2v) is 5.18. The van der Waals surface area contributed by atoms with E-state index in [0.717, 1.165) is 17.7 Å². The molecule has 1 unspecified atom stereocenters. The Morgan fingerprint density at radius 1 is 1.53 bits per heavy atom. The van der Waals surface area contributed by atoms with Gasteiger partial charge in [-0.3, -0.25) is 4.79 Å². The van der Waals surface area contributed by atoms with Crippen LogP contribution in [0.1, 0.15) is 13.3 Å². The largest absolute Gasteiger partial charge is 0.325 e. The highest BCUT2D eigenvalue weighted by atomic mass is 79.9. The number of benzene rings is 1. The molecule has 2 aromatic rings. The number of carbonyl (C=O) groups is 1. The standard InChI is InChI=1S/C12H14BrN5O/c1-3-10(13)12(19)14-9-6-4-5-8(7-9)11-15-16-17-18(11)2/h4-7,10H,3H2,1-2H3,(H,14,19). The molecule has 0 saturated carbocycles. The highest BCUT2D eigenvalue weighted by molar-refractivity contribution is 9.10. The average Bonchev–Trinajstić information content (AvgIpc) is 2.84. The molecule has 1 heterocycles. The highest BCUT2D eigenvalue weighted by Gasteiger charge is 2.13. The van der Waals surface area contributed by atoms with E-state index in [9.17, 15) is 4.79 Å². The van der Waals surface area contributed by atoms with Crippen LogP contribution in [0.25, 0.3) is 11.4 Å². The molecular formula is C12H14BrN5O. The van der Waals surface area contributed by atoms with Crippen LogP contribution in [0.4, 0.5) is 5.69 Å². The van der Waals surface area contributed by atoms with Gasteiger partial charge < -0.3 is 5.32 Å². The Bertz CT molecular complexity index is 583. The number of amides is 1. The molecule has 0 aliphatic rings. The van der Waals surface area contributed by atoms with Crippen LogP contribution in [-0.2, 0) is 11.8 Å². The molecule has 1 N–H and O–H groups in total. The number of aryl methyl sites for hydroxylation is 1. The van der Waals surface area contributed by atoms with E-state index in [1.165, 1.54) is 0 Å². The van der Waals surface area contributed by atoms with E-state index in [1.807, 2.05) is 31.2 Å². The maximum Gasteiger partial charge on any atom is 0.238 e. The molecule has 0 radical (unpaired) electrons. The molecule has 0 aliphatic heterocycles. The first kappa shape index (κ1) is 13.7. The Morgan fingerprint density at radius 2 is 2.32 bits per heavy atom. The van der Waals surface area contributed by atoms with Gasteiger partial charge in [-0.25, -0.2) is 4.68 Å². The Hall–Kier alpha value is -1.76. The van der Waals surface area contributed by atoms with Gasteiger partial charge in [0.2, 0.25) is 5.91 Å². The number of hydrogen-bond acceptors (Lipinski definition) is 4. The Labute approximate surface area is 119 Å². The third-order valence-electron chi connectivity index (χ3n) is 2.65. The van der Waals surface area contributed by atoms with E-state index in [4.69, 9.17) is 0 Å². The minimum absolute atomic E-state index is 0.0595. The Morgan fingerprint density at radius 3 is 2.95 bits per heavy atom. The van der Waals surface area contributed by atoms with E-state index in [1.54, 1.807) is 11.7 Å². The van der Waals surface area contributed by atoms with Crippen LogP contribution >= 0.6 is 15.9 Å². The zero-order chi connectivity index (χ0) is 13.8. The van der Waals surface area contributed by atoms with E-state index in [-0.39, 0.29) is 10.7 Å².